The van der Waals surface area contributed by atoms with Gasteiger partial charge in [0.1, 0.15) is 11.8 Å². The monoisotopic (exact) mass is 426 g/mol. The molecule has 4 rings (SSSR count). The number of amides is 1. The maximum atomic E-state index is 12.7. The number of ether oxygens (including phenoxy) is 2. The number of benzene rings is 2. The van der Waals surface area contributed by atoms with Crippen LogP contribution in [0.3, 0.4) is 0 Å². The summed E-state index contributed by atoms with van der Waals surface area (Å²) in [6.07, 6.45) is 2.58. The van der Waals surface area contributed by atoms with Gasteiger partial charge >= 0.3 is 6.09 Å². The minimum absolute atomic E-state index is 0.247. The van der Waals surface area contributed by atoms with Gasteiger partial charge < -0.3 is 14.5 Å². The molecule has 3 aromatic rings. The maximum Gasteiger partial charge on any atom is 0.410 e. The molecule has 1 aliphatic rings. The average Bonchev–Trinajstić information content (AvgIpc) is 3.12. The Hall–Kier alpha value is -2.66. The Morgan fingerprint density at radius 3 is 2.73 bits per heavy atom. The highest BCUT2D eigenvalue weighted by Gasteiger charge is 2.35. The van der Waals surface area contributed by atoms with Crippen LogP contribution >= 0.6 is 11.6 Å². The molecule has 0 radical (unpaired) electrons. The van der Waals surface area contributed by atoms with Crippen LogP contribution < -0.4 is 4.74 Å². The number of hydrogen-bond donors (Lipinski definition) is 1. The summed E-state index contributed by atoms with van der Waals surface area (Å²) in [7, 11) is 0. The molecule has 0 saturated carbocycles. The molecular weight excluding hydrogens is 400 g/mol. The Labute approximate surface area is 181 Å². The number of nitrogens with zero attached hydrogens (tertiary/aromatic N) is 1. The second-order valence-corrected chi connectivity index (χ2v) is 7.96. The Bertz CT molecular complexity index is 1030. The molecular formula is C24H27ClN2O3. The van der Waals surface area contributed by atoms with Crippen molar-refractivity contribution < 1.29 is 14.3 Å². The van der Waals surface area contributed by atoms with Gasteiger partial charge in [-0.25, -0.2) is 4.79 Å². The van der Waals surface area contributed by atoms with E-state index in [1.165, 1.54) is 5.56 Å². The zero-order valence-corrected chi connectivity index (χ0v) is 18.2. The summed E-state index contributed by atoms with van der Waals surface area (Å²) in [4.78, 5) is 18.1. The standard InChI is InChI=1S/C24H27ClN2O3/c1-3-5-14-30-18-9-6-16(7-10-18)23-22-19(12-13-27(23)24(28)29-4-2)20-15-17(25)8-11-21(20)26-22/h6-11,15,23,26H,3-5,12-14H2,1-2H3. The first kappa shape index (κ1) is 20.6. The Balaban J connectivity index is 1.73. The number of carbonyl (C=O) groups is 1. The van der Waals surface area contributed by atoms with E-state index >= 15 is 0 Å². The van der Waals surface area contributed by atoms with E-state index < -0.39 is 0 Å². The lowest BCUT2D eigenvalue weighted by atomic mass is 9.92. The largest absolute Gasteiger partial charge is 0.494 e. The van der Waals surface area contributed by atoms with Crippen LogP contribution in [-0.2, 0) is 11.2 Å². The number of unbranched alkanes of at least 4 members (excludes halogenated alkanes) is 1. The first-order chi connectivity index (χ1) is 14.6. The molecule has 1 atom stereocenters. The topological polar surface area (TPSA) is 54.6 Å². The molecule has 6 heteroatoms. The molecule has 0 bridgehead atoms. The van der Waals surface area contributed by atoms with Gasteiger partial charge in [-0.05, 0) is 61.2 Å². The predicted molar refractivity (Wildman–Crippen MR) is 119 cm³/mol. The fourth-order valence-corrected chi connectivity index (χ4v) is 4.26. The van der Waals surface area contributed by atoms with E-state index in [9.17, 15) is 4.79 Å². The lowest BCUT2D eigenvalue weighted by Gasteiger charge is -2.35. The molecule has 2 heterocycles. The number of rotatable bonds is 6. The summed E-state index contributed by atoms with van der Waals surface area (Å²) in [5, 5.41) is 1.83. The van der Waals surface area contributed by atoms with E-state index in [-0.39, 0.29) is 12.1 Å². The summed E-state index contributed by atoms with van der Waals surface area (Å²) in [6, 6.07) is 13.6. The van der Waals surface area contributed by atoms with Gasteiger partial charge in [-0.15, -0.1) is 0 Å². The van der Waals surface area contributed by atoms with Crippen molar-refractivity contribution in [3.8, 4) is 5.75 Å². The third-order valence-corrected chi connectivity index (χ3v) is 5.79. The van der Waals surface area contributed by atoms with Gasteiger partial charge in [0.2, 0.25) is 0 Å². The summed E-state index contributed by atoms with van der Waals surface area (Å²) in [5.41, 5.74) is 4.27. The number of aromatic amines is 1. The highest BCUT2D eigenvalue weighted by molar-refractivity contribution is 6.31. The van der Waals surface area contributed by atoms with Gasteiger partial charge in [-0.2, -0.15) is 0 Å². The van der Waals surface area contributed by atoms with Crippen molar-refractivity contribution in [3.63, 3.8) is 0 Å². The molecule has 158 valence electrons. The summed E-state index contributed by atoms with van der Waals surface area (Å²) in [6.45, 7) is 5.62. The van der Waals surface area contributed by atoms with E-state index in [4.69, 9.17) is 21.1 Å². The lowest BCUT2D eigenvalue weighted by molar-refractivity contribution is 0.0932. The van der Waals surface area contributed by atoms with Crippen molar-refractivity contribution in [2.45, 2.75) is 39.2 Å². The zero-order valence-electron chi connectivity index (χ0n) is 17.4. The first-order valence-corrected chi connectivity index (χ1v) is 11.0. The van der Waals surface area contributed by atoms with E-state index in [2.05, 4.69) is 11.9 Å². The van der Waals surface area contributed by atoms with Crippen molar-refractivity contribution in [1.29, 1.82) is 0 Å². The summed E-state index contributed by atoms with van der Waals surface area (Å²) in [5.74, 6) is 0.842. The van der Waals surface area contributed by atoms with E-state index in [1.807, 2.05) is 49.4 Å². The van der Waals surface area contributed by atoms with Crippen molar-refractivity contribution in [3.05, 3.63) is 64.3 Å². The number of aromatic nitrogens is 1. The van der Waals surface area contributed by atoms with Crippen LogP contribution in [0.5, 0.6) is 5.75 Å². The lowest BCUT2D eigenvalue weighted by Crippen LogP contribution is -2.40. The smallest absolute Gasteiger partial charge is 0.410 e. The van der Waals surface area contributed by atoms with Crippen molar-refractivity contribution >= 4 is 28.6 Å². The quantitative estimate of drug-likeness (QED) is 0.484. The van der Waals surface area contributed by atoms with Gasteiger partial charge in [0.25, 0.3) is 0 Å². The fraction of sp³-hybridized carbons (Fsp3) is 0.375. The number of nitrogens with one attached hydrogen (secondary N) is 1. The second-order valence-electron chi connectivity index (χ2n) is 7.52. The van der Waals surface area contributed by atoms with Gasteiger partial charge in [0.05, 0.1) is 13.2 Å². The number of halogens is 1. The van der Waals surface area contributed by atoms with Crippen LogP contribution in [-0.4, -0.2) is 35.7 Å². The molecule has 0 spiro atoms. The van der Waals surface area contributed by atoms with Crippen LogP contribution in [0.2, 0.25) is 5.02 Å². The normalized spacial score (nSPS) is 15.8. The van der Waals surface area contributed by atoms with Gasteiger partial charge in [-0.3, -0.25) is 4.90 Å². The third-order valence-electron chi connectivity index (χ3n) is 5.55. The number of carbonyl (C=O) groups excluding carboxylic acids is 1. The molecule has 0 aliphatic carbocycles. The van der Waals surface area contributed by atoms with Crippen molar-refractivity contribution in [2.75, 3.05) is 19.8 Å². The molecule has 1 aliphatic heterocycles. The number of H-pyrrole nitrogens is 1. The van der Waals surface area contributed by atoms with Crippen LogP contribution in [0.1, 0.15) is 49.6 Å². The van der Waals surface area contributed by atoms with Gasteiger partial charge in [0.15, 0.2) is 0 Å². The van der Waals surface area contributed by atoms with Crippen LogP contribution in [0.25, 0.3) is 10.9 Å². The third kappa shape index (κ3) is 3.99. The van der Waals surface area contributed by atoms with Crippen LogP contribution in [0.15, 0.2) is 42.5 Å². The number of hydrogen-bond acceptors (Lipinski definition) is 3. The van der Waals surface area contributed by atoms with Gasteiger partial charge in [0, 0.05) is 28.2 Å². The minimum atomic E-state index is -0.298. The SMILES string of the molecule is CCCCOc1ccc(C2c3[nH]c4ccc(Cl)cc4c3CCN2C(=O)OCC)cc1. The molecule has 2 aromatic carbocycles. The molecule has 1 unspecified atom stereocenters. The molecule has 0 saturated heterocycles. The molecule has 0 fully saturated rings. The van der Waals surface area contributed by atoms with Gasteiger partial charge in [-0.1, -0.05) is 37.1 Å². The number of fused-ring (bicyclic) bond motifs is 3. The van der Waals surface area contributed by atoms with Crippen LogP contribution in [0.4, 0.5) is 4.79 Å². The molecule has 30 heavy (non-hydrogen) atoms. The molecule has 1 N–H and O–H groups in total. The summed E-state index contributed by atoms with van der Waals surface area (Å²) < 4.78 is 11.2. The van der Waals surface area contributed by atoms with E-state index in [0.717, 1.165) is 47.2 Å². The Kier molecular flexibility index (Phi) is 6.18. The van der Waals surface area contributed by atoms with Crippen molar-refractivity contribution in [2.24, 2.45) is 0 Å². The van der Waals surface area contributed by atoms with E-state index in [1.54, 1.807) is 4.90 Å². The highest BCUT2D eigenvalue weighted by Crippen LogP contribution is 2.39. The maximum absolute atomic E-state index is 12.7. The summed E-state index contributed by atoms with van der Waals surface area (Å²) >= 11 is 6.25. The van der Waals surface area contributed by atoms with E-state index in [0.29, 0.717) is 24.8 Å². The Morgan fingerprint density at radius 1 is 1.20 bits per heavy atom. The second kappa shape index (κ2) is 9.00. The molecule has 1 aromatic heterocycles. The fourth-order valence-electron chi connectivity index (χ4n) is 4.09. The molecule has 5 nitrogen and oxygen atoms in total. The Morgan fingerprint density at radius 2 is 2.00 bits per heavy atom. The van der Waals surface area contributed by atoms with Crippen molar-refractivity contribution in [1.82, 2.24) is 9.88 Å². The zero-order chi connectivity index (χ0) is 21.1. The minimum Gasteiger partial charge on any atom is -0.494 e. The molecule has 1 amide bonds. The van der Waals surface area contributed by atoms with Crippen LogP contribution in [0, 0.1) is 0 Å². The predicted octanol–water partition coefficient (Wildman–Crippen LogP) is 6.10. The average molecular weight is 427 g/mol. The highest BCUT2D eigenvalue weighted by atomic mass is 35.5. The first-order valence-electron chi connectivity index (χ1n) is 10.6.